The lowest BCUT2D eigenvalue weighted by Crippen LogP contribution is -2.47. The van der Waals surface area contributed by atoms with Gasteiger partial charge in [0, 0.05) is 42.6 Å². The van der Waals surface area contributed by atoms with Crippen LogP contribution in [0, 0.1) is 13.8 Å². The molecule has 29 heavy (non-hydrogen) atoms. The van der Waals surface area contributed by atoms with Crippen LogP contribution in [0.15, 0.2) is 41.1 Å². The molecule has 1 saturated heterocycles. The molecule has 1 aliphatic heterocycles. The Labute approximate surface area is 178 Å². The molecule has 1 aromatic carbocycles. The number of piperidine rings is 1. The van der Waals surface area contributed by atoms with Gasteiger partial charge in [-0.05, 0) is 66.7 Å². The van der Waals surface area contributed by atoms with Crippen LogP contribution >= 0.6 is 15.9 Å². The summed E-state index contributed by atoms with van der Waals surface area (Å²) in [6, 6.07) is 8.04. The van der Waals surface area contributed by atoms with Gasteiger partial charge in [-0.15, -0.1) is 0 Å². The average molecular weight is 454 g/mol. The summed E-state index contributed by atoms with van der Waals surface area (Å²) in [5.41, 5.74) is 3.55. The fraction of sp³-hybridized carbons (Fsp3) is 0.364. The highest BCUT2D eigenvalue weighted by Crippen LogP contribution is 2.25. The van der Waals surface area contributed by atoms with E-state index < -0.39 is 0 Å². The molecular formula is C22H24BrN5O. The lowest BCUT2D eigenvalue weighted by molar-refractivity contribution is 0.0630. The molecule has 0 unspecified atom stereocenters. The number of nitrogens with zero attached hydrogens (tertiary/aromatic N) is 4. The molecule has 0 bridgehead atoms. The fourth-order valence-corrected chi connectivity index (χ4v) is 4.21. The molecule has 3 aromatic rings. The Hall–Kier alpha value is -2.54. The number of anilines is 1. The van der Waals surface area contributed by atoms with Crippen LogP contribution in [0.3, 0.4) is 0 Å². The molecule has 0 aliphatic carbocycles. The molecule has 0 saturated carbocycles. The number of pyridine rings is 1. The zero-order chi connectivity index (χ0) is 20.4. The number of carbonyl (C=O) groups excluding carboxylic acids is 1. The zero-order valence-electron chi connectivity index (χ0n) is 16.7. The van der Waals surface area contributed by atoms with E-state index in [1.165, 1.54) is 0 Å². The van der Waals surface area contributed by atoms with Gasteiger partial charge in [0.15, 0.2) is 0 Å². The monoisotopic (exact) mass is 453 g/mol. The number of para-hydroxylation sites is 1. The topological polar surface area (TPSA) is 71.0 Å². The minimum atomic E-state index is 0.0522. The molecule has 1 aliphatic rings. The first-order valence-electron chi connectivity index (χ1n) is 9.92. The summed E-state index contributed by atoms with van der Waals surface area (Å²) >= 11 is 3.35. The first kappa shape index (κ1) is 19.8. The van der Waals surface area contributed by atoms with Gasteiger partial charge in [0.1, 0.15) is 0 Å². The van der Waals surface area contributed by atoms with E-state index in [1.807, 2.05) is 30.0 Å². The van der Waals surface area contributed by atoms with Gasteiger partial charge in [0.05, 0.1) is 15.6 Å². The second-order valence-corrected chi connectivity index (χ2v) is 8.45. The molecule has 4 rings (SSSR count). The summed E-state index contributed by atoms with van der Waals surface area (Å²) in [5.74, 6) is 0.626. The fourth-order valence-electron chi connectivity index (χ4n) is 4.00. The SMILES string of the molecule is Cc1cc(C)c2cccc(C(=O)N3CCCC[C@H]3CNc3ncc(Br)cn3)c2n1. The van der Waals surface area contributed by atoms with E-state index in [2.05, 4.69) is 44.2 Å². The van der Waals surface area contributed by atoms with Gasteiger partial charge in [-0.1, -0.05) is 12.1 Å². The third-order valence-electron chi connectivity index (χ3n) is 5.41. The number of rotatable bonds is 4. The van der Waals surface area contributed by atoms with Crippen LogP contribution in [0.25, 0.3) is 10.9 Å². The molecule has 6 nitrogen and oxygen atoms in total. The summed E-state index contributed by atoms with van der Waals surface area (Å²) in [7, 11) is 0. The minimum absolute atomic E-state index is 0.0522. The summed E-state index contributed by atoms with van der Waals surface area (Å²) in [4.78, 5) is 28.7. The quantitative estimate of drug-likeness (QED) is 0.628. The Balaban J connectivity index is 1.59. The Morgan fingerprint density at radius 3 is 2.83 bits per heavy atom. The normalized spacial score (nSPS) is 16.8. The van der Waals surface area contributed by atoms with Crippen molar-refractivity contribution in [2.75, 3.05) is 18.4 Å². The van der Waals surface area contributed by atoms with Crippen LogP contribution in [0.4, 0.5) is 5.95 Å². The highest BCUT2D eigenvalue weighted by molar-refractivity contribution is 9.10. The predicted molar refractivity (Wildman–Crippen MR) is 118 cm³/mol. The van der Waals surface area contributed by atoms with Crippen LogP contribution in [-0.2, 0) is 0 Å². The third kappa shape index (κ3) is 4.24. The average Bonchev–Trinajstić information content (AvgIpc) is 2.72. The molecule has 1 N–H and O–H groups in total. The van der Waals surface area contributed by atoms with Crippen molar-refractivity contribution in [2.24, 2.45) is 0 Å². The van der Waals surface area contributed by atoms with Crippen LogP contribution in [0.2, 0.25) is 0 Å². The largest absolute Gasteiger partial charge is 0.352 e. The number of hydrogen-bond donors (Lipinski definition) is 1. The minimum Gasteiger partial charge on any atom is -0.352 e. The van der Waals surface area contributed by atoms with Gasteiger partial charge in [0.25, 0.3) is 5.91 Å². The second kappa shape index (κ2) is 8.45. The predicted octanol–water partition coefficient (Wildman–Crippen LogP) is 4.51. The molecule has 2 aromatic heterocycles. The molecule has 1 atom stereocenters. The molecule has 7 heteroatoms. The number of benzene rings is 1. The van der Waals surface area contributed by atoms with Crippen molar-refractivity contribution in [1.29, 1.82) is 0 Å². The van der Waals surface area contributed by atoms with Crippen LogP contribution in [0.1, 0.15) is 40.9 Å². The van der Waals surface area contributed by atoms with E-state index in [4.69, 9.17) is 4.98 Å². The van der Waals surface area contributed by atoms with Gasteiger partial charge in [0.2, 0.25) is 5.95 Å². The van der Waals surface area contributed by atoms with Crippen molar-refractivity contribution in [1.82, 2.24) is 19.9 Å². The van der Waals surface area contributed by atoms with E-state index in [9.17, 15) is 4.79 Å². The number of halogens is 1. The van der Waals surface area contributed by atoms with Crippen LogP contribution < -0.4 is 5.32 Å². The first-order valence-corrected chi connectivity index (χ1v) is 10.7. The van der Waals surface area contributed by atoms with E-state index >= 15 is 0 Å². The number of likely N-dealkylation sites (tertiary alicyclic amines) is 1. The lowest BCUT2D eigenvalue weighted by Gasteiger charge is -2.36. The second-order valence-electron chi connectivity index (χ2n) is 7.54. The van der Waals surface area contributed by atoms with E-state index in [1.54, 1.807) is 12.4 Å². The number of amides is 1. The number of aryl methyl sites for hydroxylation is 2. The summed E-state index contributed by atoms with van der Waals surface area (Å²) in [6.45, 7) is 5.42. The van der Waals surface area contributed by atoms with Gasteiger partial charge in [-0.3, -0.25) is 9.78 Å². The number of hydrogen-bond acceptors (Lipinski definition) is 5. The summed E-state index contributed by atoms with van der Waals surface area (Å²) in [5, 5.41) is 4.32. The van der Waals surface area contributed by atoms with Crippen molar-refractivity contribution in [2.45, 2.75) is 39.2 Å². The van der Waals surface area contributed by atoms with E-state index in [-0.39, 0.29) is 11.9 Å². The van der Waals surface area contributed by atoms with E-state index in [0.717, 1.165) is 52.4 Å². The van der Waals surface area contributed by atoms with E-state index in [0.29, 0.717) is 18.1 Å². The highest BCUT2D eigenvalue weighted by atomic mass is 79.9. The third-order valence-corrected chi connectivity index (χ3v) is 5.82. The number of aromatic nitrogens is 3. The highest BCUT2D eigenvalue weighted by Gasteiger charge is 2.29. The molecule has 3 heterocycles. The van der Waals surface area contributed by atoms with Gasteiger partial charge >= 0.3 is 0 Å². The lowest BCUT2D eigenvalue weighted by atomic mass is 9.99. The summed E-state index contributed by atoms with van der Waals surface area (Å²) < 4.78 is 0.839. The number of fused-ring (bicyclic) bond motifs is 1. The molecule has 1 fully saturated rings. The number of nitrogens with one attached hydrogen (secondary N) is 1. The van der Waals surface area contributed by atoms with Crippen LogP contribution in [-0.4, -0.2) is 44.9 Å². The molecular weight excluding hydrogens is 430 g/mol. The van der Waals surface area contributed by atoms with Crippen LogP contribution in [0.5, 0.6) is 0 Å². The molecule has 0 spiro atoms. The smallest absolute Gasteiger partial charge is 0.256 e. The van der Waals surface area contributed by atoms with Gasteiger partial charge < -0.3 is 10.2 Å². The Morgan fingerprint density at radius 2 is 2.03 bits per heavy atom. The van der Waals surface area contributed by atoms with Gasteiger partial charge in [-0.2, -0.15) is 0 Å². The first-order chi connectivity index (χ1) is 14.0. The Morgan fingerprint density at radius 1 is 1.24 bits per heavy atom. The molecule has 0 radical (unpaired) electrons. The van der Waals surface area contributed by atoms with Crippen molar-refractivity contribution in [3.05, 3.63) is 58.0 Å². The summed E-state index contributed by atoms with van der Waals surface area (Å²) in [6.07, 6.45) is 6.53. The maximum absolute atomic E-state index is 13.5. The molecule has 1 amide bonds. The van der Waals surface area contributed by atoms with Gasteiger partial charge in [-0.25, -0.2) is 9.97 Å². The standard InChI is InChI=1S/C22H24BrN5O/c1-14-10-15(2)27-20-18(14)7-5-8-19(20)21(29)28-9-4-3-6-17(28)13-26-22-24-11-16(23)12-25-22/h5,7-8,10-12,17H,3-4,6,9,13H2,1-2H3,(H,24,25,26)/t17-/m0/s1. The van der Waals surface area contributed by atoms with Crippen molar-refractivity contribution in [3.8, 4) is 0 Å². The number of carbonyl (C=O) groups is 1. The van der Waals surface area contributed by atoms with Crippen molar-refractivity contribution in [3.63, 3.8) is 0 Å². The van der Waals surface area contributed by atoms with Crippen molar-refractivity contribution < 1.29 is 4.79 Å². The Bertz CT molecular complexity index is 1040. The maximum Gasteiger partial charge on any atom is 0.256 e. The molecule has 150 valence electrons. The van der Waals surface area contributed by atoms with Crippen molar-refractivity contribution >= 4 is 38.7 Å². The zero-order valence-corrected chi connectivity index (χ0v) is 18.2. The Kier molecular flexibility index (Phi) is 5.76. The maximum atomic E-state index is 13.5.